The van der Waals surface area contributed by atoms with Crippen LogP contribution in [0.1, 0.15) is 18.1 Å². The highest BCUT2D eigenvalue weighted by Gasteiger charge is 2.09. The second-order valence-electron chi connectivity index (χ2n) is 3.88. The van der Waals surface area contributed by atoms with Crippen molar-refractivity contribution in [3.63, 3.8) is 0 Å². The number of primary amides is 1. The molecule has 1 atom stereocenters. The van der Waals surface area contributed by atoms with E-state index in [-0.39, 0.29) is 11.8 Å². The Kier molecular flexibility index (Phi) is 3.72. The highest BCUT2D eigenvalue weighted by molar-refractivity contribution is 5.76. The fourth-order valence-corrected chi connectivity index (χ4v) is 1.26. The SMILES string of the molecule is Cc1ccc(OCC(C)C(N)=O)c(C)c1. The fraction of sp³-hybridized carbons (Fsp3) is 0.417. The molecule has 3 heteroatoms. The molecular weight excluding hydrogens is 190 g/mol. The van der Waals surface area contributed by atoms with Crippen LogP contribution in [0.3, 0.4) is 0 Å². The van der Waals surface area contributed by atoms with Crippen LogP contribution in [-0.4, -0.2) is 12.5 Å². The van der Waals surface area contributed by atoms with Gasteiger partial charge in [-0.25, -0.2) is 0 Å². The van der Waals surface area contributed by atoms with Gasteiger partial charge in [0.1, 0.15) is 5.75 Å². The fourth-order valence-electron chi connectivity index (χ4n) is 1.26. The number of aryl methyl sites for hydroxylation is 2. The Morgan fingerprint density at radius 1 is 1.47 bits per heavy atom. The molecule has 0 aromatic heterocycles. The normalized spacial score (nSPS) is 12.2. The van der Waals surface area contributed by atoms with E-state index in [0.717, 1.165) is 11.3 Å². The second-order valence-corrected chi connectivity index (χ2v) is 3.88. The van der Waals surface area contributed by atoms with Crippen LogP contribution in [0.15, 0.2) is 18.2 Å². The lowest BCUT2D eigenvalue weighted by atomic mass is 10.1. The number of ether oxygens (including phenoxy) is 1. The van der Waals surface area contributed by atoms with Crippen molar-refractivity contribution in [3.05, 3.63) is 29.3 Å². The van der Waals surface area contributed by atoms with Crippen LogP contribution in [0.2, 0.25) is 0 Å². The number of hydrogen-bond donors (Lipinski definition) is 1. The van der Waals surface area contributed by atoms with Gasteiger partial charge < -0.3 is 10.5 Å². The number of carbonyl (C=O) groups is 1. The number of hydrogen-bond acceptors (Lipinski definition) is 2. The molecule has 1 aromatic carbocycles. The lowest BCUT2D eigenvalue weighted by Gasteiger charge is -2.12. The average Bonchev–Trinajstić information content (AvgIpc) is 2.15. The predicted octanol–water partition coefficient (Wildman–Crippen LogP) is 1.80. The highest BCUT2D eigenvalue weighted by atomic mass is 16.5. The number of amides is 1. The van der Waals surface area contributed by atoms with Crippen molar-refractivity contribution >= 4 is 5.91 Å². The summed E-state index contributed by atoms with van der Waals surface area (Å²) in [5, 5.41) is 0. The number of benzene rings is 1. The molecule has 3 nitrogen and oxygen atoms in total. The molecular formula is C12H17NO2. The van der Waals surface area contributed by atoms with Crippen molar-refractivity contribution < 1.29 is 9.53 Å². The summed E-state index contributed by atoms with van der Waals surface area (Å²) in [7, 11) is 0. The highest BCUT2D eigenvalue weighted by Crippen LogP contribution is 2.19. The molecule has 0 spiro atoms. The molecule has 0 fully saturated rings. The maximum atomic E-state index is 10.8. The second kappa shape index (κ2) is 4.82. The van der Waals surface area contributed by atoms with E-state index < -0.39 is 0 Å². The first-order chi connectivity index (χ1) is 7.00. The van der Waals surface area contributed by atoms with Crippen molar-refractivity contribution in [1.29, 1.82) is 0 Å². The Labute approximate surface area is 90.2 Å². The number of carbonyl (C=O) groups excluding carboxylic acids is 1. The first-order valence-electron chi connectivity index (χ1n) is 5.00. The van der Waals surface area contributed by atoms with E-state index >= 15 is 0 Å². The van der Waals surface area contributed by atoms with Gasteiger partial charge in [0.2, 0.25) is 5.91 Å². The monoisotopic (exact) mass is 207 g/mol. The molecule has 0 bridgehead atoms. The molecule has 0 aliphatic carbocycles. The minimum absolute atomic E-state index is 0.259. The van der Waals surface area contributed by atoms with Gasteiger partial charge in [-0.2, -0.15) is 0 Å². The Morgan fingerprint density at radius 2 is 2.13 bits per heavy atom. The molecule has 0 saturated carbocycles. The van der Waals surface area contributed by atoms with Crippen LogP contribution < -0.4 is 10.5 Å². The van der Waals surface area contributed by atoms with Gasteiger partial charge in [0.15, 0.2) is 0 Å². The van der Waals surface area contributed by atoms with Crippen molar-refractivity contribution in [2.75, 3.05) is 6.61 Å². The van der Waals surface area contributed by atoms with E-state index in [1.54, 1.807) is 6.92 Å². The molecule has 0 heterocycles. The zero-order valence-corrected chi connectivity index (χ0v) is 9.41. The smallest absolute Gasteiger partial charge is 0.223 e. The number of rotatable bonds is 4. The van der Waals surface area contributed by atoms with E-state index in [9.17, 15) is 4.79 Å². The van der Waals surface area contributed by atoms with Gasteiger partial charge in [0.05, 0.1) is 12.5 Å². The summed E-state index contributed by atoms with van der Waals surface area (Å²) in [4.78, 5) is 10.8. The molecule has 1 amide bonds. The van der Waals surface area contributed by atoms with E-state index in [0.29, 0.717) is 6.61 Å². The Morgan fingerprint density at radius 3 is 2.67 bits per heavy atom. The van der Waals surface area contributed by atoms with E-state index in [1.165, 1.54) is 5.56 Å². The summed E-state index contributed by atoms with van der Waals surface area (Å²) < 4.78 is 5.51. The van der Waals surface area contributed by atoms with Crippen molar-refractivity contribution in [2.45, 2.75) is 20.8 Å². The standard InChI is InChI=1S/C12H17NO2/c1-8-4-5-11(9(2)6-8)15-7-10(3)12(13)14/h4-6,10H,7H2,1-3H3,(H2,13,14). The first kappa shape index (κ1) is 11.6. The quantitative estimate of drug-likeness (QED) is 0.818. The maximum absolute atomic E-state index is 10.8. The first-order valence-corrected chi connectivity index (χ1v) is 5.00. The van der Waals surface area contributed by atoms with Crippen LogP contribution in [-0.2, 0) is 4.79 Å². The van der Waals surface area contributed by atoms with Gasteiger partial charge in [-0.05, 0) is 25.5 Å². The lowest BCUT2D eigenvalue weighted by molar-refractivity contribution is -0.122. The van der Waals surface area contributed by atoms with Gasteiger partial charge >= 0.3 is 0 Å². The Balaban J connectivity index is 2.62. The van der Waals surface area contributed by atoms with Gasteiger partial charge in [-0.1, -0.05) is 24.6 Å². The van der Waals surface area contributed by atoms with Crippen LogP contribution >= 0.6 is 0 Å². The molecule has 0 aliphatic heterocycles. The largest absolute Gasteiger partial charge is 0.493 e. The minimum atomic E-state index is -0.334. The average molecular weight is 207 g/mol. The molecule has 0 radical (unpaired) electrons. The lowest BCUT2D eigenvalue weighted by Crippen LogP contribution is -2.25. The summed E-state index contributed by atoms with van der Waals surface area (Å²) in [5.41, 5.74) is 7.42. The van der Waals surface area contributed by atoms with Crippen LogP contribution in [0.4, 0.5) is 0 Å². The molecule has 2 N–H and O–H groups in total. The summed E-state index contributed by atoms with van der Waals surface area (Å²) in [6.07, 6.45) is 0. The molecule has 1 aromatic rings. The molecule has 15 heavy (non-hydrogen) atoms. The summed E-state index contributed by atoms with van der Waals surface area (Å²) in [5.74, 6) is 0.221. The van der Waals surface area contributed by atoms with Crippen LogP contribution in [0.25, 0.3) is 0 Å². The summed E-state index contributed by atoms with van der Waals surface area (Å²) in [6.45, 7) is 6.10. The van der Waals surface area contributed by atoms with E-state index in [4.69, 9.17) is 10.5 Å². The Hall–Kier alpha value is -1.51. The third-order valence-corrected chi connectivity index (χ3v) is 2.30. The van der Waals surface area contributed by atoms with Crippen molar-refractivity contribution in [1.82, 2.24) is 0 Å². The van der Waals surface area contributed by atoms with Crippen LogP contribution in [0, 0.1) is 19.8 Å². The molecule has 1 unspecified atom stereocenters. The predicted molar refractivity (Wildman–Crippen MR) is 59.8 cm³/mol. The molecule has 0 saturated heterocycles. The topological polar surface area (TPSA) is 52.3 Å². The minimum Gasteiger partial charge on any atom is -0.493 e. The molecule has 1 rings (SSSR count). The van der Waals surface area contributed by atoms with Gasteiger partial charge in [-0.3, -0.25) is 4.79 Å². The van der Waals surface area contributed by atoms with Gasteiger partial charge in [0.25, 0.3) is 0 Å². The zero-order valence-electron chi connectivity index (χ0n) is 9.41. The zero-order chi connectivity index (χ0) is 11.4. The van der Waals surface area contributed by atoms with Crippen molar-refractivity contribution in [2.24, 2.45) is 11.7 Å². The Bertz CT molecular complexity index is 361. The third kappa shape index (κ3) is 3.27. The van der Waals surface area contributed by atoms with Gasteiger partial charge in [-0.15, -0.1) is 0 Å². The van der Waals surface area contributed by atoms with Crippen molar-refractivity contribution in [3.8, 4) is 5.75 Å². The number of nitrogens with two attached hydrogens (primary N) is 1. The van der Waals surface area contributed by atoms with E-state index in [1.807, 2.05) is 32.0 Å². The molecule has 82 valence electrons. The summed E-state index contributed by atoms with van der Waals surface area (Å²) in [6, 6.07) is 5.94. The van der Waals surface area contributed by atoms with Gasteiger partial charge in [0, 0.05) is 0 Å². The van der Waals surface area contributed by atoms with Crippen LogP contribution in [0.5, 0.6) is 5.75 Å². The maximum Gasteiger partial charge on any atom is 0.223 e. The summed E-state index contributed by atoms with van der Waals surface area (Å²) >= 11 is 0. The third-order valence-electron chi connectivity index (χ3n) is 2.30. The molecule has 0 aliphatic rings. The van der Waals surface area contributed by atoms with E-state index in [2.05, 4.69) is 0 Å².